The van der Waals surface area contributed by atoms with Crippen molar-refractivity contribution < 1.29 is 9.53 Å². The Hall–Kier alpha value is -1.26. The van der Waals surface area contributed by atoms with Crippen LogP contribution in [-0.2, 0) is 11.3 Å². The third-order valence-corrected chi connectivity index (χ3v) is 3.65. The molecule has 0 saturated carbocycles. The predicted molar refractivity (Wildman–Crippen MR) is 82.5 cm³/mol. The van der Waals surface area contributed by atoms with Gasteiger partial charge in [0.1, 0.15) is 5.75 Å². The maximum absolute atomic E-state index is 12.1. The molecule has 0 spiro atoms. The molecule has 1 aromatic carbocycles. The fourth-order valence-electron chi connectivity index (χ4n) is 2.58. The molecule has 0 bridgehead atoms. The third kappa shape index (κ3) is 3.44. The maximum atomic E-state index is 12.1. The van der Waals surface area contributed by atoms with Gasteiger partial charge in [0.25, 0.3) is 0 Å². The second-order valence-electron chi connectivity index (χ2n) is 5.31. The number of hydrogen-bond acceptors (Lipinski definition) is 3. The minimum Gasteiger partial charge on any atom is -0.496 e. The number of nitrogens with zero attached hydrogens (tertiary/aromatic N) is 1. The number of amides is 1. The Labute approximate surface area is 126 Å². The van der Waals surface area contributed by atoms with Crippen LogP contribution in [-0.4, -0.2) is 38.1 Å². The fraction of sp³-hybridized carbons (Fsp3) is 0.533. The zero-order valence-corrected chi connectivity index (χ0v) is 13.3. The number of ether oxygens (including phenoxy) is 1. The number of carbonyl (C=O) groups is 1. The van der Waals surface area contributed by atoms with Gasteiger partial charge in [0, 0.05) is 26.7 Å². The summed E-state index contributed by atoms with van der Waals surface area (Å²) in [6.07, 6.45) is 0. The summed E-state index contributed by atoms with van der Waals surface area (Å²) in [4.78, 5) is 13.9. The van der Waals surface area contributed by atoms with Crippen molar-refractivity contribution in [1.29, 1.82) is 0 Å². The third-order valence-electron chi connectivity index (χ3n) is 3.65. The molecule has 0 aromatic heterocycles. The minimum atomic E-state index is 0. The van der Waals surface area contributed by atoms with Crippen molar-refractivity contribution in [1.82, 2.24) is 10.2 Å². The van der Waals surface area contributed by atoms with E-state index in [1.54, 1.807) is 7.11 Å². The first-order valence-electron chi connectivity index (χ1n) is 6.62. The van der Waals surface area contributed by atoms with Crippen molar-refractivity contribution in [3.05, 3.63) is 28.8 Å². The molecule has 2 rings (SSSR count). The highest BCUT2D eigenvalue weighted by Gasteiger charge is 2.27. The quantitative estimate of drug-likeness (QED) is 0.923. The van der Waals surface area contributed by atoms with Crippen LogP contribution >= 0.6 is 12.4 Å². The Morgan fingerprint density at radius 2 is 1.90 bits per heavy atom. The molecule has 0 atom stereocenters. The number of benzene rings is 1. The first-order chi connectivity index (χ1) is 9.02. The van der Waals surface area contributed by atoms with E-state index in [0.29, 0.717) is 6.54 Å². The second-order valence-corrected chi connectivity index (χ2v) is 5.31. The van der Waals surface area contributed by atoms with E-state index in [0.717, 1.165) is 35.5 Å². The Kier molecular flexibility index (Phi) is 5.84. The lowest BCUT2D eigenvalue weighted by Crippen LogP contribution is -2.50. The van der Waals surface area contributed by atoms with E-state index in [4.69, 9.17) is 4.74 Å². The molecule has 112 valence electrons. The van der Waals surface area contributed by atoms with E-state index in [1.165, 1.54) is 0 Å². The van der Waals surface area contributed by atoms with Crippen molar-refractivity contribution in [2.45, 2.75) is 20.4 Å². The predicted octanol–water partition coefficient (Wildman–Crippen LogP) is 1.91. The van der Waals surface area contributed by atoms with Gasteiger partial charge < -0.3 is 15.0 Å². The highest BCUT2D eigenvalue weighted by molar-refractivity contribution is 5.85. The van der Waals surface area contributed by atoms with Crippen molar-refractivity contribution in [2.75, 3.05) is 27.2 Å². The highest BCUT2D eigenvalue weighted by atomic mass is 35.5. The standard InChI is InChI=1S/C15H22N2O2.ClH/c1-10-5-12(6-11(2)14(10)19-4)9-17(3)15(18)13-7-16-8-13;/h5-6,13,16H,7-9H2,1-4H3;1H. The number of methoxy groups -OCH3 is 1. The van der Waals surface area contributed by atoms with Gasteiger partial charge in [-0.05, 0) is 30.5 Å². The first kappa shape index (κ1) is 16.8. The maximum Gasteiger partial charge on any atom is 0.228 e. The molecule has 4 nitrogen and oxygen atoms in total. The Morgan fingerprint density at radius 3 is 2.30 bits per heavy atom. The van der Waals surface area contributed by atoms with Gasteiger partial charge >= 0.3 is 0 Å². The summed E-state index contributed by atoms with van der Waals surface area (Å²) in [5.74, 6) is 1.32. The monoisotopic (exact) mass is 298 g/mol. The largest absolute Gasteiger partial charge is 0.496 e. The van der Waals surface area contributed by atoms with Crippen LogP contribution in [0.5, 0.6) is 5.75 Å². The van der Waals surface area contributed by atoms with Gasteiger partial charge in [0.2, 0.25) is 5.91 Å². The van der Waals surface area contributed by atoms with Crippen LogP contribution in [0.4, 0.5) is 0 Å². The molecule has 1 heterocycles. The Balaban J connectivity index is 0.00000200. The molecule has 5 heteroatoms. The van der Waals surface area contributed by atoms with E-state index < -0.39 is 0 Å². The van der Waals surface area contributed by atoms with Crippen molar-refractivity contribution >= 4 is 18.3 Å². The molecule has 1 aliphatic rings. The van der Waals surface area contributed by atoms with Gasteiger partial charge in [0.05, 0.1) is 13.0 Å². The summed E-state index contributed by atoms with van der Waals surface area (Å²) in [7, 11) is 3.56. The first-order valence-corrected chi connectivity index (χ1v) is 6.62. The molecule has 20 heavy (non-hydrogen) atoms. The average molecular weight is 299 g/mol. The summed E-state index contributed by atoms with van der Waals surface area (Å²) >= 11 is 0. The molecular weight excluding hydrogens is 276 g/mol. The smallest absolute Gasteiger partial charge is 0.228 e. The molecule has 0 aliphatic carbocycles. The van der Waals surface area contributed by atoms with Gasteiger partial charge in [-0.15, -0.1) is 12.4 Å². The summed E-state index contributed by atoms with van der Waals surface area (Å²) in [6.45, 7) is 6.34. The lowest BCUT2D eigenvalue weighted by atomic mass is 10.0. The Bertz CT molecular complexity index is 464. The molecule has 1 fully saturated rings. The molecule has 0 unspecified atom stereocenters. The summed E-state index contributed by atoms with van der Waals surface area (Å²) in [6, 6.07) is 4.18. The number of halogens is 1. The topological polar surface area (TPSA) is 41.6 Å². The van der Waals surface area contributed by atoms with E-state index in [1.807, 2.05) is 25.8 Å². The summed E-state index contributed by atoms with van der Waals surface area (Å²) in [5.41, 5.74) is 3.38. The van der Waals surface area contributed by atoms with Crippen LogP contribution in [0.2, 0.25) is 0 Å². The van der Waals surface area contributed by atoms with E-state index in [9.17, 15) is 4.79 Å². The molecule has 1 aliphatic heterocycles. The molecule has 1 saturated heterocycles. The van der Waals surface area contributed by atoms with Gasteiger partial charge in [0.15, 0.2) is 0 Å². The number of nitrogens with one attached hydrogen (secondary N) is 1. The van der Waals surface area contributed by atoms with Gasteiger partial charge in [-0.1, -0.05) is 12.1 Å². The van der Waals surface area contributed by atoms with Crippen molar-refractivity contribution in [2.24, 2.45) is 5.92 Å². The van der Waals surface area contributed by atoms with Crippen LogP contribution in [0.3, 0.4) is 0 Å². The van der Waals surface area contributed by atoms with Crippen LogP contribution < -0.4 is 10.1 Å². The average Bonchev–Trinajstić information content (AvgIpc) is 2.26. The summed E-state index contributed by atoms with van der Waals surface area (Å²) in [5, 5.41) is 3.13. The second kappa shape index (κ2) is 6.95. The molecule has 1 aromatic rings. The van der Waals surface area contributed by atoms with Gasteiger partial charge in [-0.3, -0.25) is 4.79 Å². The van der Waals surface area contributed by atoms with E-state index in [-0.39, 0.29) is 24.2 Å². The van der Waals surface area contributed by atoms with E-state index >= 15 is 0 Å². The lowest BCUT2D eigenvalue weighted by molar-refractivity contribution is -0.136. The minimum absolute atomic E-state index is 0. The molecule has 1 N–H and O–H groups in total. The highest BCUT2D eigenvalue weighted by Crippen LogP contribution is 2.25. The number of hydrogen-bond donors (Lipinski definition) is 1. The van der Waals surface area contributed by atoms with Crippen molar-refractivity contribution in [3.63, 3.8) is 0 Å². The normalized spacial score (nSPS) is 14.2. The molecule has 0 radical (unpaired) electrons. The number of aryl methyl sites for hydroxylation is 2. The van der Waals surface area contributed by atoms with Crippen LogP contribution in [0, 0.1) is 19.8 Å². The molecular formula is C15H23ClN2O2. The lowest BCUT2D eigenvalue weighted by Gasteiger charge is -2.30. The van der Waals surface area contributed by atoms with Crippen LogP contribution in [0.25, 0.3) is 0 Å². The summed E-state index contributed by atoms with van der Waals surface area (Å²) < 4.78 is 5.36. The van der Waals surface area contributed by atoms with Crippen LogP contribution in [0.15, 0.2) is 12.1 Å². The Morgan fingerprint density at radius 1 is 1.35 bits per heavy atom. The number of rotatable bonds is 4. The van der Waals surface area contributed by atoms with E-state index in [2.05, 4.69) is 17.4 Å². The van der Waals surface area contributed by atoms with Gasteiger partial charge in [-0.2, -0.15) is 0 Å². The molecule has 1 amide bonds. The fourth-order valence-corrected chi connectivity index (χ4v) is 2.58. The zero-order valence-electron chi connectivity index (χ0n) is 12.5. The number of carbonyl (C=O) groups excluding carboxylic acids is 1. The SMILES string of the molecule is COc1c(C)cc(CN(C)C(=O)C2CNC2)cc1C.Cl. The zero-order chi connectivity index (χ0) is 14.0. The van der Waals surface area contributed by atoms with Crippen LogP contribution in [0.1, 0.15) is 16.7 Å². The van der Waals surface area contributed by atoms with Gasteiger partial charge in [-0.25, -0.2) is 0 Å². The van der Waals surface area contributed by atoms with Crippen molar-refractivity contribution in [3.8, 4) is 5.75 Å².